The highest BCUT2D eigenvalue weighted by molar-refractivity contribution is 7.21. The lowest BCUT2D eigenvalue weighted by atomic mass is 10.1. The van der Waals surface area contributed by atoms with Gasteiger partial charge in [-0.15, -0.1) is 11.3 Å². The Labute approximate surface area is 126 Å². The molecule has 0 spiro atoms. The average molecular weight is 303 g/mol. The van der Waals surface area contributed by atoms with E-state index in [0.717, 1.165) is 28.6 Å². The first kappa shape index (κ1) is 13.0. The molecule has 110 valence electrons. The van der Waals surface area contributed by atoms with Crippen LogP contribution in [0.25, 0.3) is 10.2 Å². The van der Waals surface area contributed by atoms with E-state index in [-0.39, 0.29) is 18.1 Å². The number of hydrogen-bond acceptors (Lipinski definition) is 5. The fourth-order valence-corrected chi connectivity index (χ4v) is 4.39. The summed E-state index contributed by atoms with van der Waals surface area (Å²) < 4.78 is 5.79. The molecule has 1 amide bonds. The van der Waals surface area contributed by atoms with Crippen LogP contribution >= 0.6 is 11.3 Å². The molecule has 21 heavy (non-hydrogen) atoms. The molecule has 2 unspecified atom stereocenters. The number of nitrogen functional groups attached to an aromatic ring is 1. The molecule has 2 bridgehead atoms. The van der Waals surface area contributed by atoms with Crippen LogP contribution < -0.4 is 5.73 Å². The molecule has 2 aliphatic rings. The number of anilines is 1. The Kier molecular flexibility index (Phi) is 2.90. The van der Waals surface area contributed by atoms with E-state index in [1.165, 1.54) is 11.3 Å². The predicted octanol–water partition coefficient (Wildman–Crippen LogP) is 2.19. The summed E-state index contributed by atoms with van der Waals surface area (Å²) in [4.78, 5) is 20.5. The van der Waals surface area contributed by atoms with Crippen LogP contribution in [0.4, 0.5) is 5.69 Å². The second kappa shape index (κ2) is 4.68. The number of amides is 1. The number of nitrogens with zero attached hydrogens (tertiary/aromatic N) is 2. The van der Waals surface area contributed by atoms with Gasteiger partial charge in [0.2, 0.25) is 0 Å². The molecule has 0 aliphatic carbocycles. The van der Waals surface area contributed by atoms with Crippen molar-refractivity contribution in [3.05, 3.63) is 22.7 Å². The van der Waals surface area contributed by atoms with Crippen LogP contribution in [-0.4, -0.2) is 41.1 Å². The van der Waals surface area contributed by atoms with Crippen LogP contribution in [0.15, 0.2) is 12.3 Å². The molecule has 2 aliphatic heterocycles. The Morgan fingerprint density at radius 2 is 2.14 bits per heavy atom. The van der Waals surface area contributed by atoms with Gasteiger partial charge in [-0.3, -0.25) is 4.79 Å². The Morgan fingerprint density at radius 1 is 1.43 bits per heavy atom. The molecule has 2 atom stereocenters. The van der Waals surface area contributed by atoms with Crippen LogP contribution in [0, 0.1) is 6.92 Å². The highest BCUT2D eigenvalue weighted by atomic mass is 32.1. The Bertz CT molecular complexity index is 715. The van der Waals surface area contributed by atoms with E-state index in [4.69, 9.17) is 10.5 Å². The first-order valence-electron chi connectivity index (χ1n) is 7.22. The smallest absolute Gasteiger partial charge is 0.266 e. The monoisotopic (exact) mass is 303 g/mol. The van der Waals surface area contributed by atoms with Crippen molar-refractivity contribution in [2.45, 2.75) is 32.0 Å². The van der Waals surface area contributed by atoms with Crippen LogP contribution in [-0.2, 0) is 4.74 Å². The molecule has 2 saturated heterocycles. The first-order valence-corrected chi connectivity index (χ1v) is 8.03. The second-order valence-electron chi connectivity index (χ2n) is 5.82. The topological polar surface area (TPSA) is 68.5 Å². The number of aromatic nitrogens is 1. The average Bonchev–Trinajstić information content (AvgIpc) is 2.99. The van der Waals surface area contributed by atoms with Crippen LogP contribution in [0.3, 0.4) is 0 Å². The third-order valence-electron chi connectivity index (χ3n) is 4.36. The van der Waals surface area contributed by atoms with Crippen molar-refractivity contribution in [3.8, 4) is 0 Å². The van der Waals surface area contributed by atoms with Gasteiger partial charge in [0.05, 0.1) is 17.9 Å². The number of rotatable bonds is 1. The van der Waals surface area contributed by atoms with Gasteiger partial charge >= 0.3 is 0 Å². The maximum atomic E-state index is 12.8. The minimum Gasteiger partial charge on any atom is -0.397 e. The summed E-state index contributed by atoms with van der Waals surface area (Å²) >= 11 is 1.39. The molecule has 0 aromatic carbocycles. The summed E-state index contributed by atoms with van der Waals surface area (Å²) in [5, 5.41) is 0.919. The Balaban J connectivity index is 1.71. The number of carbonyl (C=O) groups excluding carboxylic acids is 1. The van der Waals surface area contributed by atoms with Crippen LogP contribution in [0.1, 0.15) is 28.1 Å². The summed E-state index contributed by atoms with van der Waals surface area (Å²) in [5.41, 5.74) is 7.86. The third-order valence-corrected chi connectivity index (χ3v) is 5.46. The fraction of sp³-hybridized carbons (Fsp3) is 0.467. The zero-order valence-electron chi connectivity index (χ0n) is 11.8. The van der Waals surface area contributed by atoms with Crippen molar-refractivity contribution in [2.75, 3.05) is 18.8 Å². The molecule has 5 nitrogen and oxygen atoms in total. The van der Waals surface area contributed by atoms with Gasteiger partial charge in [-0.05, 0) is 31.4 Å². The number of thiophene rings is 1. The first-order chi connectivity index (χ1) is 10.1. The van der Waals surface area contributed by atoms with Gasteiger partial charge in [0.25, 0.3) is 5.91 Å². The molecule has 4 rings (SSSR count). The molecular formula is C15H17N3O2S. The van der Waals surface area contributed by atoms with Gasteiger partial charge in [0.1, 0.15) is 9.71 Å². The molecule has 6 heteroatoms. The maximum Gasteiger partial charge on any atom is 0.266 e. The lowest BCUT2D eigenvalue weighted by molar-refractivity contribution is -0.0301. The Hall–Kier alpha value is -1.66. The van der Waals surface area contributed by atoms with E-state index < -0.39 is 0 Å². The van der Waals surface area contributed by atoms with E-state index in [1.807, 2.05) is 17.9 Å². The van der Waals surface area contributed by atoms with Crippen molar-refractivity contribution >= 4 is 33.1 Å². The van der Waals surface area contributed by atoms with E-state index >= 15 is 0 Å². The lowest BCUT2D eigenvalue weighted by Crippen LogP contribution is -2.45. The summed E-state index contributed by atoms with van der Waals surface area (Å²) in [6.07, 6.45) is 4.26. The SMILES string of the molecule is Cc1ccnc2sc(C(=O)N3CC4CCC(C3)O4)c(N)c12. The van der Waals surface area contributed by atoms with Crippen molar-refractivity contribution in [2.24, 2.45) is 0 Å². The molecule has 2 aromatic heterocycles. The number of hydrogen-bond donors (Lipinski definition) is 1. The van der Waals surface area contributed by atoms with Gasteiger partial charge in [-0.2, -0.15) is 0 Å². The summed E-state index contributed by atoms with van der Waals surface area (Å²) in [5.74, 6) is 0.0232. The normalized spacial score (nSPS) is 24.7. The zero-order chi connectivity index (χ0) is 14.6. The minimum atomic E-state index is 0.0232. The van der Waals surface area contributed by atoms with E-state index in [0.29, 0.717) is 23.7 Å². The summed E-state index contributed by atoms with van der Waals surface area (Å²) in [7, 11) is 0. The van der Waals surface area contributed by atoms with Gasteiger partial charge in [-0.25, -0.2) is 4.98 Å². The molecule has 4 heterocycles. The molecular weight excluding hydrogens is 286 g/mol. The Morgan fingerprint density at radius 3 is 2.81 bits per heavy atom. The molecule has 2 fully saturated rings. The number of carbonyl (C=O) groups is 1. The van der Waals surface area contributed by atoms with Crippen molar-refractivity contribution < 1.29 is 9.53 Å². The number of nitrogens with two attached hydrogens (primary N) is 1. The molecule has 2 N–H and O–H groups in total. The van der Waals surface area contributed by atoms with Gasteiger partial charge in [-0.1, -0.05) is 0 Å². The second-order valence-corrected chi connectivity index (χ2v) is 6.82. The van der Waals surface area contributed by atoms with Gasteiger partial charge < -0.3 is 15.4 Å². The third kappa shape index (κ3) is 2.01. The molecule has 0 saturated carbocycles. The summed E-state index contributed by atoms with van der Waals surface area (Å²) in [6.45, 7) is 3.35. The van der Waals surface area contributed by atoms with Gasteiger partial charge in [0.15, 0.2) is 0 Å². The molecule has 2 aromatic rings. The largest absolute Gasteiger partial charge is 0.397 e. The number of fused-ring (bicyclic) bond motifs is 3. The number of ether oxygens (including phenoxy) is 1. The van der Waals surface area contributed by atoms with E-state index in [1.54, 1.807) is 6.20 Å². The number of aryl methyl sites for hydroxylation is 1. The highest BCUT2D eigenvalue weighted by Crippen LogP contribution is 2.36. The number of pyridine rings is 1. The van der Waals surface area contributed by atoms with E-state index in [2.05, 4.69) is 4.98 Å². The zero-order valence-corrected chi connectivity index (χ0v) is 12.7. The van der Waals surface area contributed by atoms with Crippen LogP contribution in [0.5, 0.6) is 0 Å². The van der Waals surface area contributed by atoms with E-state index in [9.17, 15) is 4.79 Å². The minimum absolute atomic E-state index is 0.0232. The van der Waals surface area contributed by atoms with Gasteiger partial charge in [0, 0.05) is 24.7 Å². The van der Waals surface area contributed by atoms with Crippen molar-refractivity contribution in [3.63, 3.8) is 0 Å². The van der Waals surface area contributed by atoms with Crippen LogP contribution in [0.2, 0.25) is 0 Å². The molecule has 0 radical (unpaired) electrons. The lowest BCUT2D eigenvalue weighted by Gasteiger charge is -2.31. The highest BCUT2D eigenvalue weighted by Gasteiger charge is 2.37. The van der Waals surface area contributed by atoms with Crippen molar-refractivity contribution in [1.29, 1.82) is 0 Å². The summed E-state index contributed by atoms with van der Waals surface area (Å²) in [6, 6.07) is 1.93. The van der Waals surface area contributed by atoms with Crippen molar-refractivity contribution in [1.82, 2.24) is 9.88 Å². The fourth-order valence-electron chi connectivity index (χ4n) is 3.29. The predicted molar refractivity (Wildman–Crippen MR) is 82.6 cm³/mol. The number of likely N-dealkylation sites (tertiary alicyclic amines) is 1. The quantitative estimate of drug-likeness (QED) is 0.877. The maximum absolute atomic E-state index is 12.8. The standard InChI is InChI=1S/C15H17N3O2S/c1-8-4-5-17-14-11(8)12(16)13(21-14)15(19)18-6-9-2-3-10(7-18)20-9/h4-5,9-10H,2-3,6-7,16H2,1H3. The number of morpholine rings is 1.